The van der Waals surface area contributed by atoms with E-state index in [1.165, 1.54) is 0 Å². The summed E-state index contributed by atoms with van der Waals surface area (Å²) in [6.07, 6.45) is 70.1. The summed E-state index contributed by atoms with van der Waals surface area (Å²) in [7, 11) is -4.77. The highest BCUT2D eigenvalue weighted by Gasteiger charge is 2.28. The van der Waals surface area contributed by atoms with Crippen LogP contribution in [0.5, 0.6) is 0 Å². The summed E-state index contributed by atoms with van der Waals surface area (Å²) in [6.45, 7) is 4.28. The summed E-state index contributed by atoms with van der Waals surface area (Å²) in [5, 5.41) is 9.81. The topological polar surface area (TPSA) is 155 Å². The predicted molar refractivity (Wildman–Crippen MR) is 316 cm³/mol. The van der Waals surface area contributed by atoms with Gasteiger partial charge in [0.25, 0.3) is 0 Å². The number of phosphoric acid groups is 1. The lowest BCUT2D eigenvalue weighted by molar-refractivity contribution is -0.161. The molecule has 0 spiro atoms. The fourth-order valence-electron chi connectivity index (χ4n) is 7.43. The quantitative estimate of drug-likeness (QED) is 0.0197. The van der Waals surface area contributed by atoms with Gasteiger partial charge in [0.05, 0.1) is 19.8 Å². The molecule has 76 heavy (non-hydrogen) atoms. The molecular weight excluding hydrogens is 976 g/mol. The molecule has 12 heteroatoms. The largest absolute Gasteiger partial charge is 0.472 e. The molecule has 0 aromatic heterocycles. The molecule has 0 saturated carbocycles. The lowest BCUT2D eigenvalue weighted by Crippen LogP contribution is -2.30. The van der Waals surface area contributed by atoms with E-state index in [9.17, 15) is 28.9 Å². The van der Waals surface area contributed by atoms with E-state index in [-0.39, 0.29) is 25.9 Å². The Balaban J connectivity index is 4.82. The van der Waals surface area contributed by atoms with Crippen LogP contribution in [0.25, 0.3) is 0 Å². The van der Waals surface area contributed by atoms with Crippen molar-refractivity contribution < 1.29 is 52.2 Å². The van der Waals surface area contributed by atoms with Crippen molar-refractivity contribution >= 4 is 25.7 Å². The molecule has 0 rings (SSSR count). The third-order valence-corrected chi connectivity index (χ3v) is 12.8. The monoisotopic (exact) mass is 1080 g/mol. The van der Waals surface area contributed by atoms with Crippen molar-refractivity contribution in [2.45, 2.75) is 238 Å². The molecule has 0 radical (unpaired) electrons. The van der Waals surface area contributed by atoms with Crippen LogP contribution in [0.4, 0.5) is 0 Å². The average Bonchev–Trinajstić information content (AvgIpc) is 3.41. The Hall–Kier alpha value is -4.12. The molecule has 432 valence electrons. The van der Waals surface area contributed by atoms with Crippen LogP contribution in [0.2, 0.25) is 0 Å². The van der Waals surface area contributed by atoms with E-state index in [2.05, 4.69) is 142 Å². The van der Waals surface area contributed by atoms with E-state index >= 15 is 0 Å². The molecule has 11 nitrogen and oxygen atoms in total. The number of carbonyl (C=O) groups excluding carboxylic acids is 3. The first-order valence-corrected chi connectivity index (χ1v) is 30.9. The van der Waals surface area contributed by atoms with Gasteiger partial charge >= 0.3 is 25.7 Å². The lowest BCUT2D eigenvalue weighted by atomic mass is 10.1. The third kappa shape index (κ3) is 54.7. The molecule has 0 aromatic rings. The van der Waals surface area contributed by atoms with Gasteiger partial charge in [0, 0.05) is 19.3 Å². The highest BCUT2D eigenvalue weighted by atomic mass is 31.2. The van der Waals surface area contributed by atoms with Crippen LogP contribution in [0.15, 0.2) is 122 Å². The molecule has 3 atom stereocenters. The molecule has 0 aromatic carbocycles. The number of aliphatic hydroxyl groups is 1. The van der Waals surface area contributed by atoms with Gasteiger partial charge in [-0.3, -0.25) is 23.4 Å². The molecule has 0 fully saturated rings. The first kappa shape index (κ1) is 71.9. The maximum atomic E-state index is 12.9. The second-order valence-electron chi connectivity index (χ2n) is 19.0. The van der Waals surface area contributed by atoms with Crippen LogP contribution in [0.1, 0.15) is 226 Å². The zero-order valence-corrected chi connectivity index (χ0v) is 48.6. The Morgan fingerprint density at radius 1 is 0.382 bits per heavy atom. The number of hydrogen-bond donors (Lipinski definition) is 2. The van der Waals surface area contributed by atoms with Crippen molar-refractivity contribution in [1.29, 1.82) is 0 Å². The van der Waals surface area contributed by atoms with Crippen molar-refractivity contribution in [1.82, 2.24) is 0 Å². The number of unbranched alkanes of at least 4 members (excludes halogenated alkanes) is 16. The Morgan fingerprint density at radius 3 is 1.05 bits per heavy atom. The van der Waals surface area contributed by atoms with Crippen LogP contribution in [-0.4, -0.2) is 66.5 Å². The van der Waals surface area contributed by atoms with Gasteiger partial charge in [0.15, 0.2) is 6.10 Å². The Labute approximate surface area is 462 Å². The zero-order valence-electron chi connectivity index (χ0n) is 47.7. The second-order valence-corrected chi connectivity index (χ2v) is 20.5. The molecule has 0 heterocycles. The molecule has 0 bridgehead atoms. The first-order valence-electron chi connectivity index (χ1n) is 29.4. The van der Waals surface area contributed by atoms with E-state index in [1.807, 2.05) is 0 Å². The van der Waals surface area contributed by atoms with E-state index in [0.29, 0.717) is 19.3 Å². The number of hydrogen-bond acceptors (Lipinski definition) is 10. The number of aliphatic hydroxyl groups excluding tert-OH is 1. The van der Waals surface area contributed by atoms with E-state index < -0.39 is 57.8 Å². The van der Waals surface area contributed by atoms with Crippen LogP contribution >= 0.6 is 7.82 Å². The predicted octanol–water partition coefficient (Wildman–Crippen LogP) is 17.6. The van der Waals surface area contributed by atoms with Crippen LogP contribution in [0, 0.1) is 0 Å². The van der Waals surface area contributed by atoms with Gasteiger partial charge in [-0.25, -0.2) is 4.57 Å². The number of esters is 3. The Morgan fingerprint density at radius 2 is 0.684 bits per heavy atom. The highest BCUT2D eigenvalue weighted by Crippen LogP contribution is 2.43. The van der Waals surface area contributed by atoms with Gasteiger partial charge in [0.2, 0.25) is 0 Å². The normalized spacial score (nSPS) is 14.2. The molecule has 0 amide bonds. The van der Waals surface area contributed by atoms with Gasteiger partial charge in [-0.2, -0.15) is 0 Å². The van der Waals surface area contributed by atoms with Crippen molar-refractivity contribution in [3.8, 4) is 0 Å². The van der Waals surface area contributed by atoms with Gasteiger partial charge in [-0.05, 0) is 122 Å². The van der Waals surface area contributed by atoms with Crippen molar-refractivity contribution in [2.75, 3.05) is 26.4 Å². The van der Waals surface area contributed by atoms with Crippen molar-refractivity contribution in [3.05, 3.63) is 122 Å². The fraction of sp³-hybridized carbons (Fsp3) is 0.641. The van der Waals surface area contributed by atoms with Crippen molar-refractivity contribution in [2.24, 2.45) is 0 Å². The number of carbonyl (C=O) groups is 3. The highest BCUT2D eigenvalue weighted by molar-refractivity contribution is 7.47. The summed E-state index contributed by atoms with van der Waals surface area (Å²) >= 11 is 0. The van der Waals surface area contributed by atoms with E-state index in [1.54, 1.807) is 0 Å². The summed E-state index contributed by atoms with van der Waals surface area (Å²) < 4.78 is 39.5. The molecule has 0 aliphatic rings. The van der Waals surface area contributed by atoms with Gasteiger partial charge < -0.3 is 24.2 Å². The molecule has 0 aliphatic carbocycles. The molecule has 0 saturated heterocycles. The van der Waals surface area contributed by atoms with Crippen LogP contribution in [0.3, 0.4) is 0 Å². The standard InChI is InChI=1S/C64H105O11P/c1-4-7-10-13-16-19-22-25-27-29-30-32-34-37-40-43-46-49-52-55-64(68)75-61(57-71-62(66)53-50-47-44-41-38-36-33-31-28-26-23-20-17-14-11-8-5-2)59-73-76(69,70)72-58-60(56-65)74-63(67)54-51-48-45-42-39-35-24-21-18-15-12-9-6-3/h7-8,10-12,15-17,19-21,24-28,30,32-33,36,60-61,65H,4-6,9,13-14,18,22-23,29,31,34-35,37-59H2,1-3H3,(H,69,70)/b10-7-,11-8-,15-12-,19-16-,20-17-,24-21-,27-25-,28-26-,32-30-,36-33-. The molecule has 2 N–H and O–H groups in total. The minimum Gasteiger partial charge on any atom is -0.462 e. The smallest absolute Gasteiger partial charge is 0.462 e. The summed E-state index contributed by atoms with van der Waals surface area (Å²) in [5.74, 6) is -1.53. The molecule has 0 aliphatic heterocycles. The van der Waals surface area contributed by atoms with Gasteiger partial charge in [-0.1, -0.05) is 206 Å². The van der Waals surface area contributed by atoms with E-state index in [0.717, 1.165) is 167 Å². The zero-order chi connectivity index (χ0) is 55.5. The first-order chi connectivity index (χ1) is 37.2. The number of allylic oxidation sites excluding steroid dienone is 20. The molecule has 3 unspecified atom stereocenters. The summed E-state index contributed by atoms with van der Waals surface area (Å²) in [4.78, 5) is 48.6. The van der Waals surface area contributed by atoms with Crippen molar-refractivity contribution in [3.63, 3.8) is 0 Å². The minimum atomic E-state index is -4.77. The molecular formula is C64H105O11P. The maximum Gasteiger partial charge on any atom is 0.472 e. The Bertz CT molecular complexity index is 1740. The SMILES string of the molecule is CC/C=C\C/C=C\C/C=C\C/C=C\CCCCCCCCC(=O)OC(COC(=O)CCCCCC/C=C\C/C=C\C/C=C\C/C=C\CC)COP(=O)(O)OCC(CO)OC(=O)CCCCCCC/C=C\C/C=C\CCC. The van der Waals surface area contributed by atoms with Crippen LogP contribution < -0.4 is 0 Å². The minimum absolute atomic E-state index is 0.138. The number of phosphoric ester groups is 1. The maximum absolute atomic E-state index is 12.9. The third-order valence-electron chi connectivity index (χ3n) is 11.8. The summed E-state index contributed by atoms with van der Waals surface area (Å²) in [6, 6.07) is 0. The number of rotatable bonds is 53. The Kier molecular flexibility index (Phi) is 54.0. The van der Waals surface area contributed by atoms with Gasteiger partial charge in [-0.15, -0.1) is 0 Å². The summed E-state index contributed by atoms with van der Waals surface area (Å²) in [5.41, 5.74) is 0. The number of ether oxygens (including phenoxy) is 3. The fourth-order valence-corrected chi connectivity index (χ4v) is 8.22. The second kappa shape index (κ2) is 57.1. The van der Waals surface area contributed by atoms with Gasteiger partial charge in [0.1, 0.15) is 12.7 Å². The van der Waals surface area contributed by atoms with E-state index in [4.69, 9.17) is 23.3 Å². The van der Waals surface area contributed by atoms with Crippen LogP contribution in [-0.2, 0) is 42.2 Å². The lowest BCUT2D eigenvalue weighted by Gasteiger charge is -2.21. The average molecular weight is 1080 g/mol.